The number of carbonyl (C=O) groups excluding carboxylic acids is 1. The molecule has 1 unspecified atom stereocenters. The van der Waals surface area contributed by atoms with Crippen molar-refractivity contribution in [3.05, 3.63) is 88.5 Å². The van der Waals surface area contributed by atoms with Crippen LogP contribution in [0.25, 0.3) is 0 Å². The average Bonchev–Trinajstić information content (AvgIpc) is 2.68. The molecular weight excluding hydrogens is 408 g/mol. The Labute approximate surface area is 166 Å². The van der Waals surface area contributed by atoms with Gasteiger partial charge in [0, 0.05) is 15.6 Å². The van der Waals surface area contributed by atoms with E-state index in [1.165, 1.54) is 17.3 Å². The summed E-state index contributed by atoms with van der Waals surface area (Å²) in [4.78, 5) is 18.2. The molecule has 1 aromatic heterocycles. The number of rotatable bonds is 6. The van der Waals surface area contributed by atoms with Gasteiger partial charge in [0.05, 0.1) is 0 Å². The average molecular weight is 427 g/mol. The number of pyridine rings is 1. The first-order valence-electron chi connectivity index (χ1n) is 8.38. The molecule has 0 aliphatic rings. The molecule has 0 bridgehead atoms. The van der Waals surface area contributed by atoms with Gasteiger partial charge in [-0.1, -0.05) is 53.2 Å². The lowest BCUT2D eigenvalue weighted by molar-refractivity contribution is -0.115. The van der Waals surface area contributed by atoms with Crippen LogP contribution in [0.5, 0.6) is 0 Å². The van der Waals surface area contributed by atoms with Crippen LogP contribution in [0, 0.1) is 0 Å². The molecule has 2 aromatic carbocycles. The SMILES string of the molecule is CCc1ccc(SC(C(=O)Nc2ccccn2)c2ccc(Br)cc2)cc1. The van der Waals surface area contributed by atoms with Crippen LogP contribution in [-0.4, -0.2) is 10.9 Å². The Morgan fingerprint density at radius 2 is 1.81 bits per heavy atom. The van der Waals surface area contributed by atoms with E-state index in [9.17, 15) is 4.79 Å². The molecule has 0 saturated carbocycles. The van der Waals surface area contributed by atoms with Crippen molar-refractivity contribution < 1.29 is 4.79 Å². The van der Waals surface area contributed by atoms with Crippen LogP contribution in [-0.2, 0) is 11.2 Å². The highest BCUT2D eigenvalue weighted by Crippen LogP contribution is 2.36. The van der Waals surface area contributed by atoms with Crippen LogP contribution in [0.3, 0.4) is 0 Å². The Morgan fingerprint density at radius 3 is 2.42 bits per heavy atom. The van der Waals surface area contributed by atoms with Gasteiger partial charge in [0.25, 0.3) is 0 Å². The highest BCUT2D eigenvalue weighted by Gasteiger charge is 2.22. The molecule has 0 spiro atoms. The molecule has 1 heterocycles. The Hall–Kier alpha value is -2.11. The molecule has 1 N–H and O–H groups in total. The summed E-state index contributed by atoms with van der Waals surface area (Å²) >= 11 is 4.99. The first-order chi connectivity index (χ1) is 12.7. The summed E-state index contributed by atoms with van der Waals surface area (Å²) in [5.41, 5.74) is 2.23. The predicted octanol–water partition coefficient (Wildman–Crippen LogP) is 5.88. The molecule has 0 saturated heterocycles. The van der Waals surface area contributed by atoms with Crippen molar-refractivity contribution in [1.29, 1.82) is 0 Å². The second kappa shape index (κ2) is 9.01. The van der Waals surface area contributed by atoms with E-state index in [4.69, 9.17) is 0 Å². The highest BCUT2D eigenvalue weighted by atomic mass is 79.9. The quantitative estimate of drug-likeness (QED) is 0.500. The second-order valence-electron chi connectivity index (χ2n) is 5.75. The maximum absolute atomic E-state index is 12.9. The van der Waals surface area contributed by atoms with E-state index in [1.807, 2.05) is 36.4 Å². The molecule has 3 aromatic rings. The Kier molecular flexibility index (Phi) is 6.47. The van der Waals surface area contributed by atoms with E-state index in [0.29, 0.717) is 5.82 Å². The van der Waals surface area contributed by atoms with Crippen molar-refractivity contribution >= 4 is 39.4 Å². The van der Waals surface area contributed by atoms with Gasteiger partial charge in [0.15, 0.2) is 0 Å². The first-order valence-corrected chi connectivity index (χ1v) is 10.1. The standard InChI is InChI=1S/C21H19BrN2OS/c1-2-15-6-12-18(13-7-15)26-20(16-8-10-17(22)11-9-16)21(25)24-19-5-3-4-14-23-19/h3-14,20H,2H2,1H3,(H,23,24,25). The lowest BCUT2D eigenvalue weighted by atomic mass is 10.1. The number of carbonyl (C=O) groups is 1. The van der Waals surface area contributed by atoms with Crippen LogP contribution >= 0.6 is 27.7 Å². The molecule has 3 rings (SSSR count). The molecular formula is C21H19BrN2OS. The third kappa shape index (κ3) is 4.96. The van der Waals surface area contributed by atoms with Crippen LogP contribution in [0.4, 0.5) is 5.82 Å². The number of halogens is 1. The monoisotopic (exact) mass is 426 g/mol. The number of hydrogen-bond acceptors (Lipinski definition) is 3. The summed E-state index contributed by atoms with van der Waals surface area (Å²) in [7, 11) is 0. The topological polar surface area (TPSA) is 42.0 Å². The van der Waals surface area contributed by atoms with Gasteiger partial charge in [-0.3, -0.25) is 4.79 Å². The maximum atomic E-state index is 12.9. The lowest BCUT2D eigenvalue weighted by Crippen LogP contribution is -2.19. The number of hydrogen-bond donors (Lipinski definition) is 1. The number of amides is 1. The summed E-state index contributed by atoms with van der Waals surface area (Å²) in [6.45, 7) is 2.13. The fraction of sp³-hybridized carbons (Fsp3) is 0.143. The van der Waals surface area contributed by atoms with Gasteiger partial charge in [0.1, 0.15) is 11.1 Å². The Morgan fingerprint density at radius 1 is 1.08 bits per heavy atom. The maximum Gasteiger partial charge on any atom is 0.243 e. The zero-order chi connectivity index (χ0) is 18.4. The largest absolute Gasteiger partial charge is 0.309 e. The second-order valence-corrected chi connectivity index (χ2v) is 7.85. The molecule has 0 radical (unpaired) electrons. The lowest BCUT2D eigenvalue weighted by Gasteiger charge is -2.17. The van der Waals surface area contributed by atoms with Gasteiger partial charge in [-0.05, 0) is 53.9 Å². The van der Waals surface area contributed by atoms with E-state index in [0.717, 1.165) is 21.4 Å². The third-order valence-corrected chi connectivity index (χ3v) is 5.71. The van der Waals surface area contributed by atoms with Crippen LogP contribution in [0.15, 0.2) is 82.3 Å². The third-order valence-electron chi connectivity index (χ3n) is 3.91. The van der Waals surface area contributed by atoms with Crippen molar-refractivity contribution in [2.24, 2.45) is 0 Å². The van der Waals surface area contributed by atoms with E-state index in [-0.39, 0.29) is 11.2 Å². The normalized spacial score (nSPS) is 11.8. The van der Waals surface area contributed by atoms with Gasteiger partial charge in [-0.25, -0.2) is 4.98 Å². The number of thioether (sulfide) groups is 1. The fourth-order valence-electron chi connectivity index (χ4n) is 2.48. The smallest absolute Gasteiger partial charge is 0.243 e. The van der Waals surface area contributed by atoms with Gasteiger partial charge >= 0.3 is 0 Å². The molecule has 132 valence electrons. The van der Waals surface area contributed by atoms with E-state index in [1.54, 1.807) is 12.3 Å². The molecule has 26 heavy (non-hydrogen) atoms. The Balaban J connectivity index is 1.85. The number of benzene rings is 2. The zero-order valence-corrected chi connectivity index (χ0v) is 16.8. The van der Waals surface area contributed by atoms with Crippen LogP contribution < -0.4 is 5.32 Å². The minimum absolute atomic E-state index is 0.0874. The van der Waals surface area contributed by atoms with E-state index in [2.05, 4.69) is 57.4 Å². The van der Waals surface area contributed by atoms with Gasteiger partial charge in [0.2, 0.25) is 5.91 Å². The minimum atomic E-state index is -0.363. The number of anilines is 1. The number of nitrogens with one attached hydrogen (secondary N) is 1. The van der Waals surface area contributed by atoms with E-state index < -0.39 is 0 Å². The number of aryl methyl sites for hydroxylation is 1. The van der Waals surface area contributed by atoms with Crippen molar-refractivity contribution in [1.82, 2.24) is 4.98 Å². The van der Waals surface area contributed by atoms with Crippen molar-refractivity contribution in [2.45, 2.75) is 23.5 Å². The van der Waals surface area contributed by atoms with Crippen molar-refractivity contribution in [2.75, 3.05) is 5.32 Å². The zero-order valence-electron chi connectivity index (χ0n) is 14.4. The minimum Gasteiger partial charge on any atom is -0.309 e. The number of aromatic nitrogens is 1. The Bertz CT molecular complexity index is 851. The highest BCUT2D eigenvalue weighted by molar-refractivity contribution is 9.10. The molecule has 0 aliphatic heterocycles. The molecule has 0 fully saturated rings. The molecule has 0 aliphatic carbocycles. The fourth-order valence-corrected chi connectivity index (χ4v) is 3.77. The first kappa shape index (κ1) is 18.7. The summed E-state index contributed by atoms with van der Waals surface area (Å²) in [5.74, 6) is 0.470. The summed E-state index contributed by atoms with van der Waals surface area (Å²) in [5, 5.41) is 2.55. The van der Waals surface area contributed by atoms with Crippen LogP contribution in [0.1, 0.15) is 23.3 Å². The molecule has 5 heteroatoms. The summed E-state index contributed by atoms with van der Waals surface area (Å²) < 4.78 is 0.988. The van der Waals surface area contributed by atoms with Gasteiger partial charge < -0.3 is 5.32 Å². The van der Waals surface area contributed by atoms with E-state index >= 15 is 0 Å². The van der Waals surface area contributed by atoms with Crippen molar-refractivity contribution in [3.63, 3.8) is 0 Å². The summed E-state index contributed by atoms with van der Waals surface area (Å²) in [6.07, 6.45) is 2.67. The summed E-state index contributed by atoms with van der Waals surface area (Å²) in [6, 6.07) is 21.7. The molecule has 1 amide bonds. The molecule has 3 nitrogen and oxygen atoms in total. The number of nitrogens with zero attached hydrogens (tertiary/aromatic N) is 1. The van der Waals surface area contributed by atoms with Crippen molar-refractivity contribution in [3.8, 4) is 0 Å². The molecule has 1 atom stereocenters. The van der Waals surface area contributed by atoms with Gasteiger partial charge in [-0.2, -0.15) is 0 Å². The predicted molar refractivity (Wildman–Crippen MR) is 111 cm³/mol. The van der Waals surface area contributed by atoms with Crippen LogP contribution in [0.2, 0.25) is 0 Å². The van der Waals surface area contributed by atoms with Gasteiger partial charge in [-0.15, -0.1) is 11.8 Å².